The maximum absolute atomic E-state index is 12.6. The number of benzene rings is 1. The number of carboxylic acids is 1. The van der Waals surface area contributed by atoms with E-state index >= 15 is 0 Å². The summed E-state index contributed by atoms with van der Waals surface area (Å²) in [4.78, 5) is 25.2. The summed E-state index contributed by atoms with van der Waals surface area (Å²) in [7, 11) is 0. The van der Waals surface area contributed by atoms with Crippen LogP contribution in [0.1, 0.15) is 26.7 Å². The number of aliphatic carboxylic acids is 1. The van der Waals surface area contributed by atoms with E-state index in [0.29, 0.717) is 36.7 Å². The molecular weight excluding hydrogens is 306 g/mol. The lowest BCUT2D eigenvalue weighted by molar-refractivity contribution is -0.151. The number of carboxylic acid groups (broad SMARTS) is 1. The van der Waals surface area contributed by atoms with Crippen molar-refractivity contribution in [1.82, 2.24) is 4.90 Å². The second-order valence-electron chi connectivity index (χ2n) is 5.97. The van der Waals surface area contributed by atoms with Gasteiger partial charge in [0, 0.05) is 18.1 Å². The Kier molecular flexibility index (Phi) is 4.96. The number of halogens is 1. The highest BCUT2D eigenvalue weighted by molar-refractivity contribution is 6.30. The molecule has 0 aliphatic carbocycles. The molecule has 1 fully saturated rings. The molecule has 5 nitrogen and oxygen atoms in total. The molecule has 0 saturated carbocycles. The molecule has 1 saturated heterocycles. The first-order valence-electron chi connectivity index (χ1n) is 7.26. The van der Waals surface area contributed by atoms with Gasteiger partial charge in [0.05, 0.1) is 5.92 Å². The molecule has 1 aliphatic heterocycles. The van der Waals surface area contributed by atoms with Gasteiger partial charge in [-0.3, -0.25) is 9.59 Å². The number of hydrogen-bond acceptors (Lipinski definition) is 3. The van der Waals surface area contributed by atoms with Gasteiger partial charge in [-0.1, -0.05) is 17.7 Å². The number of amides is 1. The minimum atomic E-state index is -1.03. The number of ether oxygens (including phenoxy) is 1. The summed E-state index contributed by atoms with van der Waals surface area (Å²) in [6.45, 7) is 4.30. The van der Waals surface area contributed by atoms with E-state index in [2.05, 4.69) is 0 Å². The normalized spacial score (nSPS) is 16.4. The minimum absolute atomic E-state index is 0.142. The quantitative estimate of drug-likeness (QED) is 0.924. The molecule has 1 aliphatic rings. The van der Waals surface area contributed by atoms with Crippen LogP contribution in [0.5, 0.6) is 5.75 Å². The van der Waals surface area contributed by atoms with Crippen molar-refractivity contribution in [3.63, 3.8) is 0 Å². The van der Waals surface area contributed by atoms with Crippen LogP contribution in [0.2, 0.25) is 5.02 Å². The number of carbonyl (C=O) groups is 2. The zero-order chi connectivity index (χ0) is 16.3. The lowest BCUT2D eigenvalue weighted by atomic mass is 9.95. The predicted octanol–water partition coefficient (Wildman–Crippen LogP) is 2.82. The summed E-state index contributed by atoms with van der Waals surface area (Å²) < 4.78 is 5.78. The largest absolute Gasteiger partial charge is 0.481 e. The maximum Gasteiger partial charge on any atom is 0.306 e. The number of piperidine rings is 1. The van der Waals surface area contributed by atoms with E-state index in [4.69, 9.17) is 21.4 Å². The Bertz CT molecular complexity index is 565. The van der Waals surface area contributed by atoms with Gasteiger partial charge in [-0.2, -0.15) is 0 Å². The van der Waals surface area contributed by atoms with Crippen molar-refractivity contribution < 1.29 is 19.4 Å². The Morgan fingerprint density at radius 3 is 2.50 bits per heavy atom. The van der Waals surface area contributed by atoms with E-state index in [1.165, 1.54) is 0 Å². The summed E-state index contributed by atoms with van der Waals surface area (Å²) in [6.07, 6.45) is 0.961. The van der Waals surface area contributed by atoms with Gasteiger partial charge < -0.3 is 14.7 Å². The average Bonchev–Trinajstić information content (AvgIpc) is 2.46. The zero-order valence-corrected chi connectivity index (χ0v) is 13.5. The second kappa shape index (κ2) is 6.57. The first kappa shape index (κ1) is 16.6. The number of rotatable bonds is 4. The minimum Gasteiger partial charge on any atom is -0.481 e. The fourth-order valence-electron chi connectivity index (χ4n) is 2.58. The van der Waals surface area contributed by atoms with Gasteiger partial charge in [0.15, 0.2) is 5.60 Å². The molecule has 0 radical (unpaired) electrons. The first-order chi connectivity index (χ1) is 10.3. The third-order valence-corrected chi connectivity index (χ3v) is 4.05. The topological polar surface area (TPSA) is 66.8 Å². The van der Waals surface area contributed by atoms with Crippen LogP contribution in [-0.4, -0.2) is 40.6 Å². The lowest BCUT2D eigenvalue weighted by Crippen LogP contribution is -2.51. The number of carbonyl (C=O) groups excluding carboxylic acids is 1. The third-order valence-electron chi connectivity index (χ3n) is 3.82. The SMILES string of the molecule is CC(C)(Oc1cccc(Cl)c1)C(=O)N1CCC(C(=O)O)CC1. The molecule has 6 heteroatoms. The van der Waals surface area contributed by atoms with E-state index < -0.39 is 11.6 Å². The van der Waals surface area contributed by atoms with Crippen LogP contribution in [0, 0.1) is 5.92 Å². The zero-order valence-electron chi connectivity index (χ0n) is 12.7. The predicted molar refractivity (Wildman–Crippen MR) is 83.1 cm³/mol. The number of nitrogens with zero attached hydrogens (tertiary/aromatic N) is 1. The summed E-state index contributed by atoms with van der Waals surface area (Å²) in [5.41, 5.74) is -1.03. The van der Waals surface area contributed by atoms with Gasteiger partial charge in [-0.25, -0.2) is 0 Å². The van der Waals surface area contributed by atoms with Crippen molar-refractivity contribution in [3.05, 3.63) is 29.3 Å². The van der Waals surface area contributed by atoms with Crippen LogP contribution < -0.4 is 4.74 Å². The highest BCUT2D eigenvalue weighted by Gasteiger charge is 2.37. The fraction of sp³-hybridized carbons (Fsp3) is 0.500. The van der Waals surface area contributed by atoms with Crippen LogP contribution in [0.15, 0.2) is 24.3 Å². The monoisotopic (exact) mass is 325 g/mol. The molecule has 0 bridgehead atoms. The highest BCUT2D eigenvalue weighted by atomic mass is 35.5. The molecule has 1 amide bonds. The smallest absolute Gasteiger partial charge is 0.306 e. The number of hydrogen-bond donors (Lipinski definition) is 1. The van der Waals surface area contributed by atoms with Gasteiger partial charge in [-0.15, -0.1) is 0 Å². The third kappa shape index (κ3) is 3.91. The Morgan fingerprint density at radius 2 is 1.95 bits per heavy atom. The van der Waals surface area contributed by atoms with E-state index in [9.17, 15) is 9.59 Å². The van der Waals surface area contributed by atoms with Gasteiger partial charge in [-0.05, 0) is 44.9 Å². The van der Waals surface area contributed by atoms with E-state index in [1.54, 1.807) is 43.0 Å². The Morgan fingerprint density at radius 1 is 1.32 bits per heavy atom. The van der Waals surface area contributed by atoms with Crippen molar-refractivity contribution in [2.75, 3.05) is 13.1 Å². The van der Waals surface area contributed by atoms with Gasteiger partial charge in [0.2, 0.25) is 0 Å². The van der Waals surface area contributed by atoms with Crippen molar-refractivity contribution in [3.8, 4) is 5.75 Å². The van der Waals surface area contributed by atoms with E-state index in [0.717, 1.165) is 0 Å². The Balaban J connectivity index is 2.00. The lowest BCUT2D eigenvalue weighted by Gasteiger charge is -2.36. The van der Waals surface area contributed by atoms with Gasteiger partial charge >= 0.3 is 5.97 Å². The maximum atomic E-state index is 12.6. The van der Waals surface area contributed by atoms with Gasteiger partial charge in [0.25, 0.3) is 5.91 Å². The number of likely N-dealkylation sites (tertiary alicyclic amines) is 1. The van der Waals surface area contributed by atoms with Crippen molar-refractivity contribution in [2.45, 2.75) is 32.3 Å². The van der Waals surface area contributed by atoms with Crippen LogP contribution in [0.3, 0.4) is 0 Å². The molecule has 22 heavy (non-hydrogen) atoms. The van der Waals surface area contributed by atoms with Crippen molar-refractivity contribution in [2.24, 2.45) is 5.92 Å². The van der Waals surface area contributed by atoms with Crippen LogP contribution in [0.25, 0.3) is 0 Å². The summed E-state index contributed by atoms with van der Waals surface area (Å²) in [5.74, 6) is -0.759. The van der Waals surface area contributed by atoms with Crippen LogP contribution >= 0.6 is 11.6 Å². The molecule has 1 heterocycles. The fourth-order valence-corrected chi connectivity index (χ4v) is 2.76. The van der Waals surface area contributed by atoms with E-state index in [-0.39, 0.29) is 11.8 Å². The molecule has 1 aromatic carbocycles. The van der Waals surface area contributed by atoms with Crippen LogP contribution in [0.4, 0.5) is 0 Å². The average molecular weight is 326 g/mol. The molecule has 0 aromatic heterocycles. The Labute approximate surface area is 134 Å². The Hall–Kier alpha value is -1.75. The molecule has 0 spiro atoms. The molecule has 1 aromatic rings. The first-order valence-corrected chi connectivity index (χ1v) is 7.64. The van der Waals surface area contributed by atoms with Crippen molar-refractivity contribution >= 4 is 23.5 Å². The second-order valence-corrected chi connectivity index (χ2v) is 6.41. The molecule has 120 valence electrons. The highest BCUT2D eigenvalue weighted by Crippen LogP contribution is 2.25. The standard InChI is InChI=1S/C16H20ClNO4/c1-16(2,22-13-5-3-4-12(17)10-13)15(21)18-8-6-11(7-9-18)14(19)20/h3-5,10-11H,6-9H2,1-2H3,(H,19,20). The summed E-state index contributed by atoms with van der Waals surface area (Å²) in [5, 5.41) is 9.55. The summed E-state index contributed by atoms with van der Waals surface area (Å²) in [6, 6.07) is 6.90. The molecular formula is C16H20ClNO4. The van der Waals surface area contributed by atoms with Gasteiger partial charge in [0.1, 0.15) is 5.75 Å². The molecule has 0 unspecified atom stereocenters. The van der Waals surface area contributed by atoms with E-state index in [1.807, 2.05) is 0 Å². The van der Waals surface area contributed by atoms with Crippen LogP contribution in [-0.2, 0) is 9.59 Å². The molecule has 2 rings (SSSR count). The molecule has 0 atom stereocenters. The summed E-state index contributed by atoms with van der Waals surface area (Å²) >= 11 is 5.92. The van der Waals surface area contributed by atoms with Crippen molar-refractivity contribution in [1.29, 1.82) is 0 Å². The molecule has 1 N–H and O–H groups in total.